The van der Waals surface area contributed by atoms with Crippen LogP contribution in [0.15, 0.2) is 18.3 Å². The molecule has 20 heavy (non-hydrogen) atoms. The molecule has 1 aromatic rings. The fraction of sp³-hybridized carbons (Fsp3) is 0.688. The molecule has 112 valence electrons. The fourth-order valence-electron chi connectivity index (χ4n) is 2.72. The Morgan fingerprint density at radius 2 is 2.15 bits per heavy atom. The van der Waals surface area contributed by atoms with E-state index in [1.165, 1.54) is 19.3 Å². The number of nitrogens with one attached hydrogen (secondary N) is 1. The van der Waals surface area contributed by atoms with E-state index < -0.39 is 0 Å². The maximum Gasteiger partial charge on any atom is 0.171 e. The minimum Gasteiger partial charge on any atom is -0.490 e. The Hall–Kier alpha value is -1.29. The van der Waals surface area contributed by atoms with Crippen molar-refractivity contribution in [3.05, 3.63) is 18.3 Å². The van der Waals surface area contributed by atoms with Crippen molar-refractivity contribution in [3.8, 4) is 5.75 Å². The molecule has 0 radical (unpaired) electrons. The summed E-state index contributed by atoms with van der Waals surface area (Å²) in [5.41, 5.74) is 0. The van der Waals surface area contributed by atoms with Crippen LogP contribution in [0.25, 0.3) is 0 Å². The first-order valence-corrected chi connectivity index (χ1v) is 7.88. The van der Waals surface area contributed by atoms with Crippen molar-refractivity contribution < 1.29 is 4.74 Å². The van der Waals surface area contributed by atoms with Crippen LogP contribution in [-0.4, -0.2) is 37.8 Å². The van der Waals surface area contributed by atoms with E-state index >= 15 is 0 Å². The van der Waals surface area contributed by atoms with Gasteiger partial charge in [0.15, 0.2) is 11.6 Å². The summed E-state index contributed by atoms with van der Waals surface area (Å²) in [5, 5.41) is 3.53. The molecule has 0 unspecified atom stereocenters. The molecule has 0 aliphatic carbocycles. The molecule has 0 atom stereocenters. The van der Waals surface area contributed by atoms with Gasteiger partial charge in [-0.05, 0) is 57.3 Å². The summed E-state index contributed by atoms with van der Waals surface area (Å²) in [4.78, 5) is 6.87. The van der Waals surface area contributed by atoms with Crippen molar-refractivity contribution in [2.24, 2.45) is 5.92 Å². The van der Waals surface area contributed by atoms with E-state index in [0.29, 0.717) is 6.61 Å². The van der Waals surface area contributed by atoms with E-state index in [9.17, 15) is 0 Å². The number of rotatable bonds is 7. The summed E-state index contributed by atoms with van der Waals surface area (Å²) in [5.74, 6) is 2.73. The molecule has 2 heterocycles. The molecule has 2 rings (SSSR count). The van der Waals surface area contributed by atoms with Gasteiger partial charge >= 0.3 is 0 Å². The molecule has 1 fully saturated rings. The summed E-state index contributed by atoms with van der Waals surface area (Å²) in [6, 6.07) is 3.95. The number of piperidine rings is 1. The van der Waals surface area contributed by atoms with Gasteiger partial charge in [-0.2, -0.15) is 0 Å². The van der Waals surface area contributed by atoms with E-state index in [1.54, 1.807) is 0 Å². The summed E-state index contributed by atoms with van der Waals surface area (Å²) >= 11 is 0. The summed E-state index contributed by atoms with van der Waals surface area (Å²) < 4.78 is 5.68. The van der Waals surface area contributed by atoms with Crippen molar-refractivity contribution in [1.82, 2.24) is 10.3 Å². The monoisotopic (exact) mass is 277 g/mol. The van der Waals surface area contributed by atoms with Gasteiger partial charge in [-0.15, -0.1) is 0 Å². The first-order valence-electron chi connectivity index (χ1n) is 7.88. The van der Waals surface area contributed by atoms with Gasteiger partial charge in [-0.25, -0.2) is 4.98 Å². The lowest BCUT2D eigenvalue weighted by Crippen LogP contribution is -2.38. The van der Waals surface area contributed by atoms with Crippen LogP contribution in [0.5, 0.6) is 5.75 Å². The van der Waals surface area contributed by atoms with Crippen LogP contribution in [0.1, 0.15) is 33.1 Å². The molecule has 0 amide bonds. The van der Waals surface area contributed by atoms with Crippen molar-refractivity contribution in [2.45, 2.75) is 33.1 Å². The van der Waals surface area contributed by atoms with Gasteiger partial charge in [0, 0.05) is 19.3 Å². The predicted octanol–water partition coefficient (Wildman–Crippen LogP) is 2.70. The highest BCUT2D eigenvalue weighted by molar-refractivity contribution is 5.52. The van der Waals surface area contributed by atoms with Gasteiger partial charge in [0.1, 0.15) is 0 Å². The highest BCUT2D eigenvalue weighted by Crippen LogP contribution is 2.29. The number of pyridine rings is 1. The van der Waals surface area contributed by atoms with Gasteiger partial charge in [-0.1, -0.05) is 6.92 Å². The number of aromatic nitrogens is 1. The van der Waals surface area contributed by atoms with Crippen molar-refractivity contribution in [1.29, 1.82) is 0 Å². The lowest BCUT2D eigenvalue weighted by atomic mass is 9.96. The highest BCUT2D eigenvalue weighted by atomic mass is 16.5. The zero-order chi connectivity index (χ0) is 14.2. The number of hydrogen-bond donors (Lipinski definition) is 1. The molecule has 1 aliphatic heterocycles. The predicted molar refractivity (Wildman–Crippen MR) is 83.5 cm³/mol. The van der Waals surface area contributed by atoms with Crippen LogP contribution in [0.2, 0.25) is 0 Å². The second kappa shape index (κ2) is 8.10. The molecule has 1 N–H and O–H groups in total. The van der Waals surface area contributed by atoms with Gasteiger partial charge < -0.3 is 15.0 Å². The minimum absolute atomic E-state index is 0.691. The second-order valence-electron chi connectivity index (χ2n) is 5.39. The minimum atomic E-state index is 0.691. The molecule has 1 aromatic heterocycles. The molecule has 0 spiro atoms. The molecular weight excluding hydrogens is 250 g/mol. The molecular formula is C16H27N3O. The molecule has 0 bridgehead atoms. The summed E-state index contributed by atoms with van der Waals surface area (Å²) in [6.07, 6.45) is 5.54. The number of anilines is 1. The van der Waals surface area contributed by atoms with Crippen molar-refractivity contribution in [3.63, 3.8) is 0 Å². The van der Waals surface area contributed by atoms with Crippen LogP contribution < -0.4 is 15.0 Å². The SMILES string of the molecule is CCCNCC1CCN(c2ncccc2OCC)CC1. The Morgan fingerprint density at radius 1 is 1.35 bits per heavy atom. The third kappa shape index (κ3) is 4.10. The topological polar surface area (TPSA) is 37.4 Å². The summed E-state index contributed by atoms with van der Waals surface area (Å²) in [7, 11) is 0. The first kappa shape index (κ1) is 15.1. The van der Waals surface area contributed by atoms with Crippen LogP contribution >= 0.6 is 0 Å². The zero-order valence-electron chi connectivity index (χ0n) is 12.8. The Labute approximate surface area is 122 Å². The molecule has 1 aliphatic rings. The van der Waals surface area contributed by atoms with Crippen LogP contribution in [-0.2, 0) is 0 Å². The smallest absolute Gasteiger partial charge is 0.171 e. The quantitative estimate of drug-likeness (QED) is 0.778. The van der Waals surface area contributed by atoms with Crippen molar-refractivity contribution in [2.75, 3.05) is 37.7 Å². The Bertz CT molecular complexity index is 389. The van der Waals surface area contributed by atoms with E-state index in [0.717, 1.165) is 43.7 Å². The lowest BCUT2D eigenvalue weighted by Gasteiger charge is -2.33. The molecule has 0 saturated carbocycles. The van der Waals surface area contributed by atoms with Gasteiger partial charge in [0.2, 0.25) is 0 Å². The highest BCUT2D eigenvalue weighted by Gasteiger charge is 2.21. The molecule has 4 heteroatoms. The third-order valence-electron chi connectivity index (χ3n) is 3.82. The van der Waals surface area contributed by atoms with Gasteiger partial charge in [-0.3, -0.25) is 0 Å². The lowest BCUT2D eigenvalue weighted by molar-refractivity contribution is 0.334. The fourth-order valence-corrected chi connectivity index (χ4v) is 2.72. The van der Waals surface area contributed by atoms with E-state index in [-0.39, 0.29) is 0 Å². The third-order valence-corrected chi connectivity index (χ3v) is 3.82. The van der Waals surface area contributed by atoms with E-state index in [1.807, 2.05) is 25.3 Å². The first-order chi connectivity index (χ1) is 9.85. The average Bonchev–Trinajstić information content (AvgIpc) is 2.49. The van der Waals surface area contributed by atoms with Crippen LogP contribution in [0.3, 0.4) is 0 Å². The molecule has 0 aromatic carbocycles. The Balaban J connectivity index is 1.87. The van der Waals surface area contributed by atoms with Crippen LogP contribution in [0, 0.1) is 5.92 Å². The average molecular weight is 277 g/mol. The van der Waals surface area contributed by atoms with E-state index in [4.69, 9.17) is 4.74 Å². The van der Waals surface area contributed by atoms with E-state index in [2.05, 4.69) is 22.1 Å². The van der Waals surface area contributed by atoms with Crippen molar-refractivity contribution >= 4 is 5.82 Å². The molecule has 1 saturated heterocycles. The largest absolute Gasteiger partial charge is 0.490 e. The van der Waals surface area contributed by atoms with Gasteiger partial charge in [0.05, 0.1) is 6.61 Å². The van der Waals surface area contributed by atoms with Crippen LogP contribution in [0.4, 0.5) is 5.82 Å². The molecule has 4 nitrogen and oxygen atoms in total. The second-order valence-corrected chi connectivity index (χ2v) is 5.39. The standard InChI is InChI=1S/C16H27N3O/c1-3-9-17-13-14-7-11-19(12-8-14)16-15(20-4-2)6-5-10-18-16/h5-6,10,14,17H,3-4,7-9,11-13H2,1-2H3. The number of ether oxygens (including phenoxy) is 1. The number of nitrogens with zero attached hydrogens (tertiary/aromatic N) is 2. The van der Waals surface area contributed by atoms with Gasteiger partial charge in [0.25, 0.3) is 0 Å². The zero-order valence-corrected chi connectivity index (χ0v) is 12.8. The summed E-state index contributed by atoms with van der Waals surface area (Å²) in [6.45, 7) is 9.37. The number of hydrogen-bond acceptors (Lipinski definition) is 4. The Morgan fingerprint density at radius 3 is 2.85 bits per heavy atom. The Kier molecular flexibility index (Phi) is 6.12. The maximum absolute atomic E-state index is 5.68. The normalized spacial score (nSPS) is 16.4. The maximum atomic E-state index is 5.68.